The first-order chi connectivity index (χ1) is 7.24. The smallest absolute Gasteiger partial charge is 0.335 e. The first-order valence-electron chi connectivity index (χ1n) is 5.14. The second-order valence-corrected chi connectivity index (χ2v) is 4.52. The molecule has 0 saturated heterocycles. The molecule has 1 aromatic carbocycles. The Bertz CT molecular complexity index is 323. The highest BCUT2D eigenvalue weighted by molar-refractivity contribution is 7.98. The van der Waals surface area contributed by atoms with Gasteiger partial charge >= 0.3 is 5.97 Å². The predicted octanol–water partition coefficient (Wildman–Crippen LogP) is 3.42. The van der Waals surface area contributed by atoms with Crippen LogP contribution in [0.15, 0.2) is 24.3 Å². The van der Waals surface area contributed by atoms with Gasteiger partial charge in [-0.25, -0.2) is 4.79 Å². The first kappa shape index (κ1) is 12.1. The number of aromatic carboxylic acids is 1. The van der Waals surface area contributed by atoms with Crippen molar-refractivity contribution in [2.75, 3.05) is 5.75 Å². The molecule has 0 aliphatic rings. The van der Waals surface area contributed by atoms with E-state index < -0.39 is 5.97 Å². The van der Waals surface area contributed by atoms with Gasteiger partial charge in [0.25, 0.3) is 0 Å². The monoisotopic (exact) mass is 224 g/mol. The fourth-order valence-corrected chi connectivity index (χ4v) is 2.28. The molecule has 0 atom stereocenters. The van der Waals surface area contributed by atoms with E-state index in [4.69, 9.17) is 5.11 Å². The van der Waals surface area contributed by atoms with Crippen molar-refractivity contribution >= 4 is 17.7 Å². The van der Waals surface area contributed by atoms with E-state index in [9.17, 15) is 4.79 Å². The van der Waals surface area contributed by atoms with Crippen LogP contribution < -0.4 is 0 Å². The molecule has 0 aliphatic carbocycles. The van der Waals surface area contributed by atoms with Gasteiger partial charge in [-0.2, -0.15) is 11.8 Å². The van der Waals surface area contributed by atoms with Crippen molar-refractivity contribution in [2.24, 2.45) is 0 Å². The van der Waals surface area contributed by atoms with Crippen molar-refractivity contribution in [1.82, 2.24) is 0 Å². The molecule has 15 heavy (non-hydrogen) atoms. The van der Waals surface area contributed by atoms with Crippen molar-refractivity contribution in [2.45, 2.75) is 25.5 Å². The number of benzene rings is 1. The third-order valence-electron chi connectivity index (χ3n) is 2.08. The molecule has 0 spiro atoms. The van der Waals surface area contributed by atoms with E-state index in [-0.39, 0.29) is 0 Å². The van der Waals surface area contributed by atoms with Crippen molar-refractivity contribution < 1.29 is 9.90 Å². The summed E-state index contributed by atoms with van der Waals surface area (Å²) in [6, 6.07) is 7.16. The molecule has 3 heteroatoms. The number of thioether (sulfide) groups is 1. The fraction of sp³-hybridized carbons (Fsp3) is 0.417. The highest BCUT2D eigenvalue weighted by atomic mass is 32.2. The van der Waals surface area contributed by atoms with E-state index in [2.05, 4.69) is 6.92 Å². The summed E-state index contributed by atoms with van der Waals surface area (Å²) in [5.41, 5.74) is 1.47. The predicted molar refractivity (Wildman–Crippen MR) is 64.5 cm³/mol. The molecule has 0 amide bonds. The summed E-state index contributed by atoms with van der Waals surface area (Å²) in [6.45, 7) is 2.17. The van der Waals surface area contributed by atoms with Gasteiger partial charge in [0.05, 0.1) is 5.56 Å². The fourth-order valence-electron chi connectivity index (χ4n) is 1.23. The zero-order valence-corrected chi connectivity index (χ0v) is 9.72. The molecular formula is C12H16O2S. The lowest BCUT2D eigenvalue weighted by Crippen LogP contribution is -1.96. The molecule has 0 radical (unpaired) electrons. The Morgan fingerprint density at radius 3 is 2.93 bits per heavy atom. The summed E-state index contributed by atoms with van der Waals surface area (Å²) >= 11 is 1.86. The van der Waals surface area contributed by atoms with Crippen LogP contribution in [0.4, 0.5) is 0 Å². The highest BCUT2D eigenvalue weighted by Crippen LogP contribution is 2.15. The first-order valence-corrected chi connectivity index (χ1v) is 6.29. The maximum Gasteiger partial charge on any atom is 0.335 e. The van der Waals surface area contributed by atoms with Crippen LogP contribution in [0.1, 0.15) is 35.7 Å². The standard InChI is InChI=1S/C12H16O2S/c1-2-3-7-15-9-10-5-4-6-11(8-10)12(13)14/h4-6,8H,2-3,7,9H2,1H3,(H,13,14). The Morgan fingerprint density at radius 2 is 2.27 bits per heavy atom. The minimum atomic E-state index is -0.851. The van der Waals surface area contributed by atoms with E-state index in [0.717, 1.165) is 17.1 Å². The Balaban J connectivity index is 2.47. The quantitative estimate of drug-likeness (QED) is 0.752. The average Bonchev–Trinajstić information content (AvgIpc) is 2.25. The van der Waals surface area contributed by atoms with E-state index >= 15 is 0 Å². The molecule has 82 valence electrons. The van der Waals surface area contributed by atoms with E-state index in [1.165, 1.54) is 12.8 Å². The molecule has 2 nitrogen and oxygen atoms in total. The van der Waals surface area contributed by atoms with Gasteiger partial charge in [0.1, 0.15) is 0 Å². The Morgan fingerprint density at radius 1 is 1.47 bits per heavy atom. The van der Waals surface area contributed by atoms with Crippen molar-refractivity contribution in [1.29, 1.82) is 0 Å². The van der Waals surface area contributed by atoms with E-state index in [1.54, 1.807) is 18.2 Å². The van der Waals surface area contributed by atoms with Gasteiger partial charge in [0.15, 0.2) is 0 Å². The van der Waals surface area contributed by atoms with Gasteiger partial charge in [0, 0.05) is 5.75 Å². The third-order valence-corrected chi connectivity index (χ3v) is 3.20. The second-order valence-electron chi connectivity index (χ2n) is 3.41. The molecule has 0 aromatic heterocycles. The molecule has 1 rings (SSSR count). The molecule has 1 N–H and O–H groups in total. The number of unbranched alkanes of at least 4 members (excludes halogenated alkanes) is 1. The summed E-state index contributed by atoms with van der Waals surface area (Å²) in [5.74, 6) is 1.20. The number of carboxylic acid groups (broad SMARTS) is 1. The van der Waals surface area contributed by atoms with E-state index in [0.29, 0.717) is 5.56 Å². The zero-order chi connectivity index (χ0) is 11.1. The molecule has 0 fully saturated rings. The topological polar surface area (TPSA) is 37.3 Å². The second kappa shape index (κ2) is 6.51. The van der Waals surface area contributed by atoms with Crippen molar-refractivity contribution in [3.8, 4) is 0 Å². The van der Waals surface area contributed by atoms with Gasteiger partial charge in [-0.3, -0.25) is 0 Å². The average molecular weight is 224 g/mol. The number of hydrogen-bond acceptors (Lipinski definition) is 2. The highest BCUT2D eigenvalue weighted by Gasteiger charge is 2.02. The number of carboxylic acids is 1. The normalized spacial score (nSPS) is 10.2. The molecule has 0 bridgehead atoms. The molecule has 0 heterocycles. The van der Waals surface area contributed by atoms with Crippen LogP contribution in [0.25, 0.3) is 0 Å². The van der Waals surface area contributed by atoms with Crippen LogP contribution in [-0.4, -0.2) is 16.8 Å². The van der Waals surface area contributed by atoms with Crippen LogP contribution in [0.5, 0.6) is 0 Å². The Kier molecular flexibility index (Phi) is 5.26. The molecule has 0 saturated carbocycles. The Hall–Kier alpha value is -0.960. The Labute approximate surface area is 94.7 Å². The molecule has 0 unspecified atom stereocenters. The van der Waals surface area contributed by atoms with Crippen molar-refractivity contribution in [3.05, 3.63) is 35.4 Å². The number of rotatable bonds is 6. The zero-order valence-electron chi connectivity index (χ0n) is 8.90. The SMILES string of the molecule is CCCCSCc1cccc(C(=O)O)c1. The van der Waals surface area contributed by atoms with Gasteiger partial charge in [-0.1, -0.05) is 25.5 Å². The van der Waals surface area contributed by atoms with Crippen LogP contribution in [-0.2, 0) is 5.75 Å². The summed E-state index contributed by atoms with van der Waals surface area (Å²) < 4.78 is 0. The van der Waals surface area contributed by atoms with Crippen molar-refractivity contribution in [3.63, 3.8) is 0 Å². The minimum absolute atomic E-state index is 0.378. The summed E-state index contributed by atoms with van der Waals surface area (Å²) in [5, 5.41) is 8.81. The lowest BCUT2D eigenvalue weighted by atomic mass is 10.1. The number of hydrogen-bond donors (Lipinski definition) is 1. The lowest BCUT2D eigenvalue weighted by Gasteiger charge is -2.02. The van der Waals surface area contributed by atoms with Gasteiger partial charge in [-0.05, 0) is 29.9 Å². The van der Waals surface area contributed by atoms with Crippen LogP contribution in [0, 0.1) is 0 Å². The summed E-state index contributed by atoms with van der Waals surface area (Å²) in [7, 11) is 0. The molecule has 1 aromatic rings. The molecule has 0 aliphatic heterocycles. The summed E-state index contributed by atoms with van der Waals surface area (Å²) in [4.78, 5) is 10.7. The maximum absolute atomic E-state index is 10.7. The molecular weight excluding hydrogens is 208 g/mol. The van der Waals surface area contributed by atoms with Gasteiger partial charge < -0.3 is 5.11 Å². The van der Waals surface area contributed by atoms with E-state index in [1.807, 2.05) is 17.8 Å². The van der Waals surface area contributed by atoms with Gasteiger partial charge in [0.2, 0.25) is 0 Å². The van der Waals surface area contributed by atoms with Crippen LogP contribution in [0.2, 0.25) is 0 Å². The van der Waals surface area contributed by atoms with Crippen LogP contribution >= 0.6 is 11.8 Å². The van der Waals surface area contributed by atoms with Gasteiger partial charge in [-0.15, -0.1) is 0 Å². The van der Waals surface area contributed by atoms with Crippen LogP contribution in [0.3, 0.4) is 0 Å². The number of carbonyl (C=O) groups is 1. The summed E-state index contributed by atoms with van der Waals surface area (Å²) in [6.07, 6.45) is 2.44. The largest absolute Gasteiger partial charge is 0.478 e. The maximum atomic E-state index is 10.7. The minimum Gasteiger partial charge on any atom is -0.478 e. The lowest BCUT2D eigenvalue weighted by molar-refractivity contribution is 0.0697. The third kappa shape index (κ3) is 4.38.